The monoisotopic (exact) mass is 398 g/mol. The lowest BCUT2D eigenvalue weighted by Crippen LogP contribution is -2.25. The van der Waals surface area contributed by atoms with Gasteiger partial charge in [0.1, 0.15) is 5.78 Å². The van der Waals surface area contributed by atoms with Gasteiger partial charge in [0, 0.05) is 24.8 Å². The highest BCUT2D eigenvalue weighted by molar-refractivity contribution is 9.09. The predicted molar refractivity (Wildman–Crippen MR) is 108 cm³/mol. The smallest absolute Gasteiger partial charge is 0.132 e. The molecule has 1 atom stereocenters. The van der Waals surface area contributed by atoms with Crippen LogP contribution in [0.5, 0.6) is 0 Å². The summed E-state index contributed by atoms with van der Waals surface area (Å²) in [5, 5.41) is 10.7. The van der Waals surface area contributed by atoms with Crippen LogP contribution in [-0.2, 0) is 4.79 Å². The van der Waals surface area contributed by atoms with E-state index in [-0.39, 0.29) is 7.43 Å². The van der Waals surface area contributed by atoms with E-state index in [1.54, 1.807) is 0 Å². The Morgan fingerprint density at radius 1 is 1.29 bits per heavy atom. The Kier molecular flexibility index (Phi) is 16.6. The fourth-order valence-electron chi connectivity index (χ4n) is 2.80. The van der Waals surface area contributed by atoms with Gasteiger partial charge >= 0.3 is 0 Å². The maximum Gasteiger partial charge on any atom is 0.132 e. The maximum absolute atomic E-state index is 11.0. The van der Waals surface area contributed by atoms with E-state index in [1.807, 2.05) is 6.92 Å². The fraction of sp³-hybridized carbons (Fsp3) is 0.714. The lowest BCUT2D eigenvalue weighted by Gasteiger charge is -2.22. The van der Waals surface area contributed by atoms with Gasteiger partial charge in [0.15, 0.2) is 0 Å². The van der Waals surface area contributed by atoms with Crippen molar-refractivity contribution < 1.29 is 9.90 Å². The summed E-state index contributed by atoms with van der Waals surface area (Å²) >= 11 is 3.21. The zero-order chi connectivity index (χ0) is 17.6. The van der Waals surface area contributed by atoms with E-state index in [2.05, 4.69) is 47.0 Å². The molecular weight excluding hydrogens is 364 g/mol. The molecule has 1 saturated carbocycles. The molecule has 0 aromatic rings. The van der Waals surface area contributed by atoms with Gasteiger partial charge in [-0.1, -0.05) is 56.1 Å². The topological polar surface area (TPSA) is 37.3 Å². The molecule has 1 fully saturated rings. The molecule has 0 saturated heterocycles. The summed E-state index contributed by atoms with van der Waals surface area (Å²) < 4.78 is 0. The Morgan fingerprint density at radius 2 is 2.00 bits per heavy atom. The molecule has 1 rings (SSSR count). The number of aliphatic hydroxyl groups is 1. The van der Waals surface area contributed by atoms with E-state index >= 15 is 0 Å². The van der Waals surface area contributed by atoms with E-state index in [4.69, 9.17) is 0 Å². The maximum atomic E-state index is 11.0. The van der Waals surface area contributed by atoms with Crippen molar-refractivity contribution in [3.05, 3.63) is 17.9 Å². The Hall–Kier alpha value is -0.810. The highest BCUT2D eigenvalue weighted by atomic mass is 79.9. The van der Waals surface area contributed by atoms with Crippen LogP contribution in [-0.4, -0.2) is 21.8 Å². The van der Waals surface area contributed by atoms with Crippen LogP contribution in [0.1, 0.15) is 85.5 Å². The van der Waals surface area contributed by atoms with Crippen molar-refractivity contribution >= 4 is 21.7 Å². The van der Waals surface area contributed by atoms with E-state index < -0.39 is 5.60 Å². The highest BCUT2D eigenvalue weighted by Gasteiger charge is 2.34. The van der Waals surface area contributed by atoms with Crippen LogP contribution < -0.4 is 0 Å². The number of hydrogen-bond acceptors (Lipinski definition) is 2. The predicted octanol–water partition coefficient (Wildman–Crippen LogP) is 5.97. The molecule has 138 valence electrons. The zero-order valence-electron chi connectivity index (χ0n) is 14.7. The van der Waals surface area contributed by atoms with Gasteiger partial charge in [-0.05, 0) is 38.5 Å². The number of hydrogen-bond donors (Lipinski definition) is 1. The molecular formula is C21H35BrO2. The molecule has 3 heteroatoms. The van der Waals surface area contributed by atoms with Gasteiger partial charge in [0.25, 0.3) is 0 Å². The first-order chi connectivity index (χ1) is 11.0. The molecule has 0 amide bonds. The second kappa shape index (κ2) is 15.7. The summed E-state index contributed by atoms with van der Waals surface area (Å²) in [6.07, 6.45) is 9.03. The van der Waals surface area contributed by atoms with Crippen LogP contribution in [0.3, 0.4) is 0 Å². The summed E-state index contributed by atoms with van der Waals surface area (Å²) in [6.45, 7) is 7.72. The molecule has 0 aromatic heterocycles. The van der Waals surface area contributed by atoms with E-state index in [0.29, 0.717) is 12.2 Å². The van der Waals surface area contributed by atoms with Crippen LogP contribution in [0, 0.1) is 11.8 Å². The minimum Gasteiger partial charge on any atom is -0.385 e. The normalized spacial score (nSPS) is 18.4. The van der Waals surface area contributed by atoms with Crippen LogP contribution in [0.25, 0.3) is 0 Å². The minimum absolute atomic E-state index is 0. The first-order valence-corrected chi connectivity index (χ1v) is 9.81. The third-order valence-electron chi connectivity index (χ3n) is 3.93. The SMILES string of the molecule is C.C=C=C1CCCC1(O)CCC.CCCC(=O)CCCC#CCBr. The Morgan fingerprint density at radius 3 is 2.54 bits per heavy atom. The molecule has 0 spiro atoms. The van der Waals surface area contributed by atoms with Crippen LogP contribution in [0.4, 0.5) is 0 Å². The molecule has 2 nitrogen and oxygen atoms in total. The second-order valence-corrected chi connectivity index (χ2v) is 6.48. The number of rotatable bonds is 7. The van der Waals surface area contributed by atoms with Gasteiger partial charge in [-0.15, -0.1) is 11.7 Å². The first kappa shape index (κ1) is 25.4. The van der Waals surface area contributed by atoms with E-state index in [9.17, 15) is 9.90 Å². The number of halogens is 1. The molecule has 0 aromatic carbocycles. The van der Waals surface area contributed by atoms with Crippen LogP contribution >= 0.6 is 15.9 Å². The van der Waals surface area contributed by atoms with Crippen molar-refractivity contribution in [2.75, 3.05) is 5.33 Å². The summed E-state index contributed by atoms with van der Waals surface area (Å²) in [7, 11) is 0. The highest BCUT2D eigenvalue weighted by Crippen LogP contribution is 2.37. The first-order valence-electron chi connectivity index (χ1n) is 8.69. The number of unbranched alkanes of at least 4 members (excludes halogenated alkanes) is 1. The average Bonchev–Trinajstić information content (AvgIpc) is 2.89. The van der Waals surface area contributed by atoms with Gasteiger partial charge in [-0.3, -0.25) is 4.79 Å². The van der Waals surface area contributed by atoms with Crippen LogP contribution in [0.2, 0.25) is 0 Å². The molecule has 24 heavy (non-hydrogen) atoms. The zero-order valence-corrected chi connectivity index (χ0v) is 16.3. The van der Waals surface area contributed by atoms with Crippen molar-refractivity contribution in [3.8, 4) is 11.8 Å². The lowest BCUT2D eigenvalue weighted by atomic mass is 9.92. The Balaban J connectivity index is 0. The summed E-state index contributed by atoms with van der Waals surface area (Å²) in [5.41, 5.74) is 3.34. The summed E-state index contributed by atoms with van der Waals surface area (Å²) in [5.74, 6) is 6.27. The number of carbonyl (C=O) groups is 1. The number of ketones is 1. The second-order valence-electron chi connectivity index (χ2n) is 5.92. The van der Waals surface area contributed by atoms with Gasteiger partial charge in [0.05, 0.1) is 10.9 Å². The van der Waals surface area contributed by atoms with Gasteiger partial charge in [-0.25, -0.2) is 0 Å². The number of carbonyl (C=O) groups excluding carboxylic acids is 1. The van der Waals surface area contributed by atoms with Crippen molar-refractivity contribution in [2.24, 2.45) is 0 Å². The standard InChI is InChI=1S/C10H15BrO.C10H16O.CH4/c1-2-7-10(12)8-5-3-4-6-9-11;1-3-7-10(11)8-5-6-9(10)4-2;/h2-3,5,7-9H2,1H3;11H,2-3,5-8H2,1H3;1H4. The largest absolute Gasteiger partial charge is 0.385 e. The van der Waals surface area contributed by atoms with Crippen LogP contribution in [0.15, 0.2) is 17.9 Å². The molecule has 1 unspecified atom stereocenters. The van der Waals surface area contributed by atoms with Crippen molar-refractivity contribution in [3.63, 3.8) is 0 Å². The van der Waals surface area contributed by atoms with E-state index in [0.717, 1.165) is 68.7 Å². The Bertz CT molecular complexity index is 452. The van der Waals surface area contributed by atoms with Crippen molar-refractivity contribution in [1.29, 1.82) is 0 Å². The fourth-order valence-corrected chi connectivity index (χ4v) is 3.00. The third kappa shape index (κ3) is 10.9. The summed E-state index contributed by atoms with van der Waals surface area (Å²) in [4.78, 5) is 11.0. The average molecular weight is 399 g/mol. The van der Waals surface area contributed by atoms with Crippen molar-refractivity contribution in [1.82, 2.24) is 0 Å². The van der Waals surface area contributed by atoms with Gasteiger partial charge < -0.3 is 5.11 Å². The lowest BCUT2D eigenvalue weighted by molar-refractivity contribution is -0.119. The van der Waals surface area contributed by atoms with Gasteiger partial charge in [0.2, 0.25) is 0 Å². The van der Waals surface area contributed by atoms with E-state index in [1.165, 1.54) is 0 Å². The molecule has 1 aliphatic carbocycles. The molecule has 1 aliphatic rings. The van der Waals surface area contributed by atoms with Gasteiger partial charge in [-0.2, -0.15) is 0 Å². The molecule has 0 aliphatic heterocycles. The quantitative estimate of drug-likeness (QED) is 0.248. The molecule has 1 N–H and O–H groups in total. The number of Topliss-reactive ketones (excluding diaryl/α,β-unsaturated/α-hetero) is 1. The molecule has 0 radical (unpaired) electrons. The minimum atomic E-state index is -0.545. The van der Waals surface area contributed by atoms with Crippen molar-refractivity contribution in [2.45, 2.75) is 91.1 Å². The molecule has 0 heterocycles. The Labute approximate surface area is 157 Å². The summed E-state index contributed by atoms with van der Waals surface area (Å²) in [6, 6.07) is 0. The number of alkyl halides is 1. The third-order valence-corrected chi connectivity index (χ3v) is 4.21. The molecule has 0 bridgehead atoms.